The van der Waals surface area contributed by atoms with E-state index in [1.165, 1.54) is 0 Å². The Labute approximate surface area is 117 Å². The third-order valence-electron chi connectivity index (χ3n) is 3.22. The van der Waals surface area contributed by atoms with Crippen LogP contribution in [0.15, 0.2) is 48.7 Å². The maximum absolute atomic E-state index is 12.5. The summed E-state index contributed by atoms with van der Waals surface area (Å²) in [5.41, 5.74) is 1.89. The van der Waals surface area contributed by atoms with Gasteiger partial charge in [-0.15, -0.1) is 0 Å². The lowest BCUT2D eigenvalue weighted by Crippen LogP contribution is -2.12. The van der Waals surface area contributed by atoms with Crippen molar-refractivity contribution in [3.8, 4) is 0 Å². The van der Waals surface area contributed by atoms with Crippen LogP contribution < -0.4 is 0 Å². The van der Waals surface area contributed by atoms with E-state index in [9.17, 15) is 4.79 Å². The number of para-hydroxylation sites is 1. The number of hydrogen-bond acceptors (Lipinski definition) is 3. The molecular formula is C16H15N3O. The number of benzene rings is 1. The number of ketones is 1. The standard InChI is InChI=1S/C16H15N3O/c1-2-11-19-15(9-10-17-19)16(20)14-8-7-12-5-3-4-6-13(12)18-14/h3-10H,2,11H2,1H3. The maximum atomic E-state index is 12.5. The molecule has 2 aromatic heterocycles. The highest BCUT2D eigenvalue weighted by atomic mass is 16.1. The third-order valence-corrected chi connectivity index (χ3v) is 3.22. The quantitative estimate of drug-likeness (QED) is 0.681. The molecule has 0 bridgehead atoms. The Bertz CT molecular complexity index is 761. The summed E-state index contributed by atoms with van der Waals surface area (Å²) < 4.78 is 1.74. The summed E-state index contributed by atoms with van der Waals surface area (Å²) in [5, 5.41) is 5.22. The van der Waals surface area contributed by atoms with Crippen LogP contribution in [-0.4, -0.2) is 20.5 Å². The fourth-order valence-corrected chi connectivity index (χ4v) is 2.24. The molecule has 0 saturated heterocycles. The van der Waals surface area contributed by atoms with Gasteiger partial charge in [-0.2, -0.15) is 5.10 Å². The van der Waals surface area contributed by atoms with Gasteiger partial charge >= 0.3 is 0 Å². The molecule has 0 aliphatic heterocycles. The molecule has 100 valence electrons. The summed E-state index contributed by atoms with van der Waals surface area (Å²) in [4.78, 5) is 17.0. The highest BCUT2D eigenvalue weighted by Crippen LogP contribution is 2.14. The van der Waals surface area contributed by atoms with Crippen molar-refractivity contribution in [1.29, 1.82) is 0 Å². The van der Waals surface area contributed by atoms with Crippen molar-refractivity contribution >= 4 is 16.7 Å². The summed E-state index contributed by atoms with van der Waals surface area (Å²) in [5.74, 6) is -0.0818. The Morgan fingerprint density at radius 2 is 2.00 bits per heavy atom. The fraction of sp³-hybridized carbons (Fsp3) is 0.188. The van der Waals surface area contributed by atoms with Gasteiger partial charge in [0.2, 0.25) is 5.78 Å². The molecule has 0 unspecified atom stereocenters. The van der Waals surface area contributed by atoms with Crippen LogP contribution in [0.25, 0.3) is 10.9 Å². The monoisotopic (exact) mass is 265 g/mol. The molecule has 2 heterocycles. The topological polar surface area (TPSA) is 47.8 Å². The van der Waals surface area contributed by atoms with E-state index in [-0.39, 0.29) is 5.78 Å². The number of fused-ring (bicyclic) bond motifs is 1. The molecule has 0 amide bonds. The van der Waals surface area contributed by atoms with Gasteiger partial charge in [-0.3, -0.25) is 9.48 Å². The van der Waals surface area contributed by atoms with E-state index >= 15 is 0 Å². The molecule has 20 heavy (non-hydrogen) atoms. The van der Waals surface area contributed by atoms with Crippen molar-refractivity contribution in [2.45, 2.75) is 19.9 Å². The summed E-state index contributed by atoms with van der Waals surface area (Å²) in [6, 6.07) is 13.2. The summed E-state index contributed by atoms with van der Waals surface area (Å²) >= 11 is 0. The maximum Gasteiger partial charge on any atom is 0.229 e. The van der Waals surface area contributed by atoms with Gasteiger partial charge in [0.15, 0.2) is 0 Å². The van der Waals surface area contributed by atoms with Gasteiger partial charge in [0, 0.05) is 18.1 Å². The molecule has 1 aromatic carbocycles. The number of pyridine rings is 1. The first-order chi connectivity index (χ1) is 9.79. The average Bonchev–Trinajstić information content (AvgIpc) is 2.94. The van der Waals surface area contributed by atoms with E-state index in [0.29, 0.717) is 11.4 Å². The Balaban J connectivity index is 2.01. The predicted molar refractivity (Wildman–Crippen MR) is 77.7 cm³/mol. The van der Waals surface area contributed by atoms with Gasteiger partial charge in [-0.25, -0.2) is 4.98 Å². The van der Waals surface area contributed by atoms with Crippen LogP contribution in [0.4, 0.5) is 0 Å². The predicted octanol–water partition coefficient (Wildman–Crippen LogP) is 3.07. The fourth-order valence-electron chi connectivity index (χ4n) is 2.24. The largest absolute Gasteiger partial charge is 0.285 e. The minimum Gasteiger partial charge on any atom is -0.285 e. The van der Waals surface area contributed by atoms with Crippen LogP contribution in [0.3, 0.4) is 0 Å². The molecule has 0 aliphatic rings. The number of carbonyl (C=O) groups excluding carboxylic acids is 1. The van der Waals surface area contributed by atoms with Crippen LogP contribution in [0.5, 0.6) is 0 Å². The molecule has 0 fully saturated rings. The van der Waals surface area contributed by atoms with Gasteiger partial charge in [-0.1, -0.05) is 31.2 Å². The van der Waals surface area contributed by atoms with E-state index in [0.717, 1.165) is 23.9 Å². The zero-order chi connectivity index (χ0) is 13.9. The van der Waals surface area contributed by atoms with Crippen LogP contribution in [-0.2, 0) is 6.54 Å². The number of rotatable bonds is 4. The van der Waals surface area contributed by atoms with Crippen molar-refractivity contribution in [3.63, 3.8) is 0 Å². The second-order valence-corrected chi connectivity index (χ2v) is 4.66. The van der Waals surface area contributed by atoms with Crippen molar-refractivity contribution in [3.05, 3.63) is 60.0 Å². The van der Waals surface area contributed by atoms with Crippen LogP contribution in [0, 0.1) is 0 Å². The number of aryl methyl sites for hydroxylation is 1. The SMILES string of the molecule is CCCn1nccc1C(=O)c1ccc2ccccc2n1. The highest BCUT2D eigenvalue weighted by molar-refractivity contribution is 6.07. The minimum atomic E-state index is -0.0818. The Kier molecular flexibility index (Phi) is 3.29. The van der Waals surface area contributed by atoms with E-state index in [2.05, 4.69) is 17.0 Å². The third kappa shape index (κ3) is 2.20. The van der Waals surface area contributed by atoms with E-state index in [4.69, 9.17) is 0 Å². The molecule has 0 atom stereocenters. The first-order valence-electron chi connectivity index (χ1n) is 6.72. The number of aromatic nitrogens is 3. The highest BCUT2D eigenvalue weighted by Gasteiger charge is 2.15. The van der Waals surface area contributed by atoms with E-state index < -0.39 is 0 Å². The number of hydrogen-bond donors (Lipinski definition) is 0. The lowest BCUT2D eigenvalue weighted by molar-refractivity contribution is 0.102. The van der Waals surface area contributed by atoms with Gasteiger partial charge in [0.05, 0.1) is 5.52 Å². The first kappa shape index (κ1) is 12.5. The van der Waals surface area contributed by atoms with Gasteiger partial charge < -0.3 is 0 Å². The number of nitrogens with zero attached hydrogens (tertiary/aromatic N) is 3. The minimum absolute atomic E-state index is 0.0818. The summed E-state index contributed by atoms with van der Waals surface area (Å²) in [6.07, 6.45) is 2.59. The van der Waals surface area contributed by atoms with Crippen LogP contribution >= 0.6 is 0 Å². The molecular weight excluding hydrogens is 250 g/mol. The van der Waals surface area contributed by atoms with E-state index in [1.54, 1.807) is 23.0 Å². The number of carbonyl (C=O) groups is 1. The van der Waals surface area contributed by atoms with Crippen LogP contribution in [0.1, 0.15) is 29.5 Å². The second-order valence-electron chi connectivity index (χ2n) is 4.66. The molecule has 0 radical (unpaired) electrons. The summed E-state index contributed by atoms with van der Waals surface area (Å²) in [6.45, 7) is 2.80. The van der Waals surface area contributed by atoms with Crippen molar-refractivity contribution in [2.75, 3.05) is 0 Å². The first-order valence-corrected chi connectivity index (χ1v) is 6.72. The average molecular weight is 265 g/mol. The Morgan fingerprint density at radius 3 is 2.85 bits per heavy atom. The van der Waals surface area contributed by atoms with Crippen molar-refractivity contribution in [2.24, 2.45) is 0 Å². The molecule has 0 aliphatic carbocycles. The van der Waals surface area contributed by atoms with Gasteiger partial charge in [0.1, 0.15) is 11.4 Å². The molecule has 3 aromatic rings. The zero-order valence-corrected chi connectivity index (χ0v) is 11.3. The molecule has 3 rings (SSSR count). The summed E-state index contributed by atoms with van der Waals surface area (Å²) in [7, 11) is 0. The van der Waals surface area contributed by atoms with Gasteiger partial charge in [0.25, 0.3) is 0 Å². The normalized spacial score (nSPS) is 10.8. The molecule has 0 N–H and O–H groups in total. The second kappa shape index (κ2) is 5.25. The molecule has 4 heteroatoms. The molecule has 4 nitrogen and oxygen atoms in total. The molecule has 0 saturated carbocycles. The van der Waals surface area contributed by atoms with Crippen molar-refractivity contribution < 1.29 is 4.79 Å². The Hall–Kier alpha value is -2.49. The smallest absolute Gasteiger partial charge is 0.229 e. The zero-order valence-electron chi connectivity index (χ0n) is 11.3. The molecule has 0 spiro atoms. The van der Waals surface area contributed by atoms with Gasteiger partial charge in [-0.05, 0) is 24.6 Å². The van der Waals surface area contributed by atoms with Crippen molar-refractivity contribution in [1.82, 2.24) is 14.8 Å². The van der Waals surface area contributed by atoms with Crippen LogP contribution in [0.2, 0.25) is 0 Å². The Morgan fingerprint density at radius 1 is 1.15 bits per heavy atom. The lowest BCUT2D eigenvalue weighted by Gasteiger charge is -2.05. The lowest BCUT2D eigenvalue weighted by atomic mass is 10.1. The van der Waals surface area contributed by atoms with E-state index in [1.807, 2.05) is 30.3 Å².